The Morgan fingerprint density at radius 3 is 2.30 bits per heavy atom. The molecule has 5 heteroatoms. The van der Waals surface area contributed by atoms with Crippen molar-refractivity contribution in [3.8, 4) is 5.75 Å². The highest BCUT2D eigenvalue weighted by Crippen LogP contribution is 2.17. The first kappa shape index (κ1) is 21.1. The summed E-state index contributed by atoms with van der Waals surface area (Å²) in [4.78, 5) is 24.9. The summed E-state index contributed by atoms with van der Waals surface area (Å²) in [5.41, 5.74) is 4.20. The molecule has 0 saturated carbocycles. The standard InChI is InChI=1S/C25H26N2O3/c1-17-12-18(2)14-23(13-17)30-16-24(28)27-22-11-7-10-21(15-22)25(29)26-19(3)20-8-5-4-6-9-20/h4-15,19H,16H2,1-3H3,(H,26,29)(H,27,28). The Morgan fingerprint density at radius 2 is 1.60 bits per heavy atom. The normalized spacial score (nSPS) is 11.4. The van der Waals surface area contributed by atoms with Gasteiger partial charge in [0, 0.05) is 11.3 Å². The van der Waals surface area contributed by atoms with E-state index in [2.05, 4.69) is 10.6 Å². The third-order valence-electron chi connectivity index (χ3n) is 4.62. The molecular weight excluding hydrogens is 376 g/mol. The van der Waals surface area contributed by atoms with Gasteiger partial charge in [-0.3, -0.25) is 9.59 Å². The number of hydrogen-bond donors (Lipinski definition) is 2. The van der Waals surface area contributed by atoms with Crippen LogP contribution in [-0.2, 0) is 4.79 Å². The molecule has 0 aliphatic carbocycles. The fourth-order valence-corrected chi connectivity index (χ4v) is 3.21. The number of aryl methyl sites for hydroxylation is 2. The third-order valence-corrected chi connectivity index (χ3v) is 4.62. The van der Waals surface area contributed by atoms with Crippen LogP contribution in [0.4, 0.5) is 5.69 Å². The summed E-state index contributed by atoms with van der Waals surface area (Å²) in [5, 5.41) is 5.75. The first-order chi connectivity index (χ1) is 14.4. The van der Waals surface area contributed by atoms with Gasteiger partial charge in [0.05, 0.1) is 6.04 Å². The molecule has 0 aliphatic rings. The third kappa shape index (κ3) is 5.95. The lowest BCUT2D eigenvalue weighted by Gasteiger charge is -2.15. The minimum Gasteiger partial charge on any atom is -0.484 e. The van der Waals surface area contributed by atoms with Crippen molar-refractivity contribution in [3.63, 3.8) is 0 Å². The number of ether oxygens (including phenoxy) is 1. The smallest absolute Gasteiger partial charge is 0.262 e. The molecule has 3 rings (SSSR count). The van der Waals surface area contributed by atoms with E-state index in [0.717, 1.165) is 16.7 Å². The van der Waals surface area contributed by atoms with Gasteiger partial charge in [-0.2, -0.15) is 0 Å². The Hall–Kier alpha value is -3.60. The highest BCUT2D eigenvalue weighted by atomic mass is 16.5. The van der Waals surface area contributed by atoms with Crippen molar-refractivity contribution in [1.29, 1.82) is 0 Å². The number of carbonyl (C=O) groups excluding carboxylic acids is 2. The van der Waals surface area contributed by atoms with Crippen LogP contribution in [0.1, 0.15) is 40.0 Å². The van der Waals surface area contributed by atoms with Crippen molar-refractivity contribution in [1.82, 2.24) is 5.32 Å². The maximum Gasteiger partial charge on any atom is 0.262 e. The molecule has 0 aromatic heterocycles. The summed E-state index contributed by atoms with van der Waals surface area (Å²) in [5.74, 6) is 0.170. The van der Waals surface area contributed by atoms with Crippen LogP contribution in [-0.4, -0.2) is 18.4 Å². The molecule has 2 amide bonds. The van der Waals surface area contributed by atoms with Crippen molar-refractivity contribution in [2.24, 2.45) is 0 Å². The predicted octanol–water partition coefficient (Wildman–Crippen LogP) is 4.81. The second-order valence-corrected chi connectivity index (χ2v) is 7.35. The number of nitrogens with one attached hydrogen (secondary N) is 2. The maximum absolute atomic E-state index is 12.6. The van der Waals surface area contributed by atoms with Crippen LogP contribution in [0.5, 0.6) is 5.75 Å². The molecule has 1 unspecified atom stereocenters. The summed E-state index contributed by atoms with van der Waals surface area (Å²) in [6, 6.07) is 22.3. The number of hydrogen-bond acceptors (Lipinski definition) is 3. The van der Waals surface area contributed by atoms with Crippen molar-refractivity contribution in [3.05, 3.63) is 95.1 Å². The zero-order valence-electron chi connectivity index (χ0n) is 17.4. The predicted molar refractivity (Wildman–Crippen MR) is 119 cm³/mol. The quantitative estimate of drug-likeness (QED) is 0.596. The van der Waals surface area contributed by atoms with Gasteiger partial charge in [0.1, 0.15) is 5.75 Å². The van der Waals surface area contributed by atoms with E-state index in [1.54, 1.807) is 24.3 Å². The molecule has 0 aliphatic heterocycles. The largest absolute Gasteiger partial charge is 0.484 e. The average Bonchev–Trinajstić information content (AvgIpc) is 2.72. The molecule has 3 aromatic carbocycles. The Morgan fingerprint density at radius 1 is 0.900 bits per heavy atom. The number of anilines is 1. The molecule has 0 radical (unpaired) electrons. The fraction of sp³-hybridized carbons (Fsp3) is 0.200. The summed E-state index contributed by atoms with van der Waals surface area (Å²) >= 11 is 0. The lowest BCUT2D eigenvalue weighted by Crippen LogP contribution is -2.27. The molecule has 30 heavy (non-hydrogen) atoms. The van der Waals surface area contributed by atoms with Crippen molar-refractivity contribution >= 4 is 17.5 Å². The topological polar surface area (TPSA) is 67.4 Å². The number of carbonyl (C=O) groups is 2. The highest BCUT2D eigenvalue weighted by molar-refractivity contribution is 5.97. The van der Waals surface area contributed by atoms with Crippen molar-refractivity contribution in [2.75, 3.05) is 11.9 Å². The molecule has 0 heterocycles. The lowest BCUT2D eigenvalue weighted by molar-refractivity contribution is -0.118. The summed E-state index contributed by atoms with van der Waals surface area (Å²) in [7, 11) is 0. The zero-order chi connectivity index (χ0) is 21.5. The van der Waals surface area contributed by atoms with Gasteiger partial charge in [0.2, 0.25) is 0 Å². The van der Waals surface area contributed by atoms with Crippen LogP contribution < -0.4 is 15.4 Å². The Kier molecular flexibility index (Phi) is 6.86. The van der Waals surface area contributed by atoms with E-state index in [-0.39, 0.29) is 24.5 Å². The van der Waals surface area contributed by atoms with Gasteiger partial charge in [-0.05, 0) is 67.8 Å². The summed E-state index contributed by atoms with van der Waals surface area (Å²) < 4.78 is 5.59. The SMILES string of the molecule is Cc1cc(C)cc(OCC(=O)Nc2cccc(C(=O)NC(C)c3ccccc3)c2)c1. The van der Waals surface area contributed by atoms with Gasteiger partial charge in [0.25, 0.3) is 11.8 Å². The molecule has 0 fully saturated rings. The van der Waals surface area contributed by atoms with Crippen LogP contribution in [0.3, 0.4) is 0 Å². The van der Waals surface area contributed by atoms with Gasteiger partial charge in [-0.25, -0.2) is 0 Å². The fourth-order valence-electron chi connectivity index (χ4n) is 3.21. The van der Waals surface area contributed by atoms with E-state index < -0.39 is 0 Å². The average molecular weight is 402 g/mol. The molecule has 2 N–H and O–H groups in total. The lowest BCUT2D eigenvalue weighted by atomic mass is 10.1. The highest BCUT2D eigenvalue weighted by Gasteiger charge is 2.12. The molecule has 0 spiro atoms. The van der Waals surface area contributed by atoms with Crippen LogP contribution >= 0.6 is 0 Å². The zero-order valence-corrected chi connectivity index (χ0v) is 17.4. The van der Waals surface area contributed by atoms with Crippen LogP contribution in [0.15, 0.2) is 72.8 Å². The van der Waals surface area contributed by atoms with E-state index >= 15 is 0 Å². The van der Waals surface area contributed by atoms with Crippen LogP contribution in [0.25, 0.3) is 0 Å². The van der Waals surface area contributed by atoms with Crippen molar-refractivity contribution in [2.45, 2.75) is 26.8 Å². The second kappa shape index (κ2) is 9.74. The van der Waals surface area contributed by atoms with E-state index in [9.17, 15) is 9.59 Å². The Bertz CT molecular complexity index is 1010. The van der Waals surface area contributed by atoms with Crippen LogP contribution in [0, 0.1) is 13.8 Å². The number of benzene rings is 3. The van der Waals surface area contributed by atoms with Gasteiger partial charge in [0.15, 0.2) is 6.61 Å². The number of amides is 2. The van der Waals surface area contributed by atoms with Crippen LogP contribution in [0.2, 0.25) is 0 Å². The molecule has 154 valence electrons. The molecular formula is C25H26N2O3. The molecule has 0 bridgehead atoms. The summed E-state index contributed by atoms with van der Waals surface area (Å²) in [6.07, 6.45) is 0. The minimum atomic E-state index is -0.288. The van der Waals surface area contributed by atoms with Gasteiger partial charge in [-0.1, -0.05) is 42.5 Å². The maximum atomic E-state index is 12.6. The molecule has 5 nitrogen and oxygen atoms in total. The van der Waals surface area contributed by atoms with E-state index in [1.165, 1.54) is 0 Å². The van der Waals surface area contributed by atoms with Gasteiger partial charge < -0.3 is 15.4 Å². The van der Waals surface area contributed by atoms with Gasteiger partial charge in [-0.15, -0.1) is 0 Å². The van der Waals surface area contributed by atoms with Crippen molar-refractivity contribution < 1.29 is 14.3 Å². The molecule has 1 atom stereocenters. The summed E-state index contributed by atoms with van der Waals surface area (Å²) in [6.45, 7) is 5.79. The second-order valence-electron chi connectivity index (χ2n) is 7.35. The Labute approximate surface area is 177 Å². The first-order valence-corrected chi connectivity index (χ1v) is 9.87. The first-order valence-electron chi connectivity index (χ1n) is 9.87. The van der Waals surface area contributed by atoms with Gasteiger partial charge >= 0.3 is 0 Å². The monoisotopic (exact) mass is 402 g/mol. The molecule has 0 saturated heterocycles. The minimum absolute atomic E-state index is 0.107. The van der Waals surface area contributed by atoms with E-state index in [1.807, 2.05) is 69.3 Å². The molecule has 3 aromatic rings. The van der Waals surface area contributed by atoms with E-state index in [0.29, 0.717) is 17.0 Å². The number of rotatable bonds is 7. The van der Waals surface area contributed by atoms with E-state index in [4.69, 9.17) is 4.74 Å². The Balaban J connectivity index is 1.57.